The predicted molar refractivity (Wildman–Crippen MR) is 108 cm³/mol. The maximum atomic E-state index is 13.2. The van der Waals surface area contributed by atoms with E-state index in [1.54, 1.807) is 18.4 Å². The van der Waals surface area contributed by atoms with Gasteiger partial charge in [0.25, 0.3) is 5.91 Å². The van der Waals surface area contributed by atoms with Gasteiger partial charge in [0.05, 0.1) is 12.1 Å². The molecule has 1 aliphatic heterocycles. The largest absolute Gasteiger partial charge is 0.350 e. The molecule has 1 aliphatic rings. The van der Waals surface area contributed by atoms with Gasteiger partial charge >= 0.3 is 0 Å². The molecule has 2 aromatic rings. The van der Waals surface area contributed by atoms with Gasteiger partial charge in [-0.25, -0.2) is 0 Å². The number of nitrogens with zero attached hydrogens (tertiary/aromatic N) is 2. The van der Waals surface area contributed by atoms with E-state index < -0.39 is 0 Å². The Morgan fingerprint density at radius 1 is 1.27 bits per heavy atom. The average molecular weight is 392 g/mol. The van der Waals surface area contributed by atoms with E-state index in [1.807, 2.05) is 61.6 Å². The number of thiophene rings is 1. The van der Waals surface area contributed by atoms with Crippen LogP contribution in [-0.2, 0) is 17.0 Å². The number of fused-ring (bicyclic) bond motifs is 1. The zero-order valence-corrected chi connectivity index (χ0v) is 17.3. The van der Waals surface area contributed by atoms with Crippen molar-refractivity contribution in [3.05, 3.63) is 40.5 Å². The minimum Gasteiger partial charge on any atom is -0.350 e. The summed E-state index contributed by atoms with van der Waals surface area (Å²) in [6, 6.07) is 3.92. The number of aromatic nitrogens is 1. The third-order valence-electron chi connectivity index (χ3n) is 4.10. The number of nitrogens with one attached hydrogen (secondary N) is 1. The van der Waals surface area contributed by atoms with E-state index in [0.717, 1.165) is 34.1 Å². The van der Waals surface area contributed by atoms with Crippen LogP contribution in [0, 0.1) is 0 Å². The van der Waals surface area contributed by atoms with E-state index in [4.69, 9.17) is 0 Å². The molecule has 0 radical (unpaired) electrons. The summed E-state index contributed by atoms with van der Waals surface area (Å²) < 4.78 is 2.00. The monoisotopic (exact) mass is 391 g/mol. The second-order valence-electron chi connectivity index (χ2n) is 7.54. The van der Waals surface area contributed by atoms with Crippen LogP contribution < -0.4 is 5.32 Å². The van der Waals surface area contributed by atoms with Crippen LogP contribution in [0.4, 0.5) is 0 Å². The summed E-state index contributed by atoms with van der Waals surface area (Å²) in [6.45, 7) is 5.86. The molecule has 0 unspecified atom stereocenters. The van der Waals surface area contributed by atoms with Crippen LogP contribution in [0.1, 0.15) is 41.6 Å². The topological polar surface area (TPSA) is 54.3 Å². The van der Waals surface area contributed by atoms with Crippen molar-refractivity contribution in [2.45, 2.75) is 38.5 Å². The smallest absolute Gasteiger partial charge is 0.257 e. The molecule has 0 aromatic carbocycles. The number of rotatable bonds is 4. The molecule has 0 fully saturated rings. The lowest BCUT2D eigenvalue weighted by atomic mass is 10.1. The predicted octanol–water partition coefficient (Wildman–Crippen LogP) is 3.31. The van der Waals surface area contributed by atoms with Gasteiger partial charge in [-0.05, 0) is 50.6 Å². The Bertz CT molecular complexity index is 804. The Morgan fingerprint density at radius 3 is 2.62 bits per heavy atom. The third-order valence-corrected chi connectivity index (χ3v) is 6.51. The molecule has 0 spiro atoms. The lowest BCUT2D eigenvalue weighted by Crippen LogP contribution is -2.46. The van der Waals surface area contributed by atoms with E-state index in [0.29, 0.717) is 0 Å². The van der Waals surface area contributed by atoms with Crippen molar-refractivity contribution in [1.29, 1.82) is 0 Å². The highest BCUT2D eigenvalue weighted by atomic mass is 32.2. The molecule has 5 nitrogen and oxygen atoms in total. The Hall–Kier alpha value is -1.73. The van der Waals surface area contributed by atoms with E-state index in [9.17, 15) is 9.59 Å². The molecule has 26 heavy (non-hydrogen) atoms. The minimum absolute atomic E-state index is 0.0561. The number of hydrogen-bond acceptors (Lipinski definition) is 4. The summed E-state index contributed by atoms with van der Waals surface area (Å²) in [5.41, 5.74) is 1.61. The van der Waals surface area contributed by atoms with Crippen LogP contribution in [0.15, 0.2) is 24.5 Å². The second-order valence-corrected chi connectivity index (χ2v) is 9.73. The molecule has 0 saturated carbocycles. The lowest BCUT2D eigenvalue weighted by molar-refractivity contribution is -0.122. The third kappa shape index (κ3) is 4.15. The van der Waals surface area contributed by atoms with Crippen LogP contribution in [0.5, 0.6) is 0 Å². The summed E-state index contributed by atoms with van der Waals surface area (Å²) in [7, 11) is 1.70. The first-order valence-corrected chi connectivity index (χ1v) is 10.7. The Balaban J connectivity index is 1.89. The number of hydrogen-bond donors (Lipinski definition) is 1. The molecule has 0 saturated heterocycles. The maximum Gasteiger partial charge on any atom is 0.257 e. The van der Waals surface area contributed by atoms with E-state index >= 15 is 0 Å². The van der Waals surface area contributed by atoms with Gasteiger partial charge in [-0.3, -0.25) is 9.59 Å². The van der Waals surface area contributed by atoms with Gasteiger partial charge in [-0.2, -0.15) is 11.8 Å². The molecule has 0 bridgehead atoms. The Kier molecular flexibility index (Phi) is 5.48. The number of thioether (sulfide) groups is 1. The summed E-state index contributed by atoms with van der Waals surface area (Å²) in [5.74, 6) is 1.76. The molecule has 0 aliphatic carbocycles. The Morgan fingerprint density at radius 2 is 1.96 bits per heavy atom. The number of amides is 2. The van der Waals surface area contributed by atoms with Gasteiger partial charge in [-0.1, -0.05) is 0 Å². The molecule has 7 heteroatoms. The van der Waals surface area contributed by atoms with Crippen molar-refractivity contribution in [3.63, 3.8) is 0 Å². The molecule has 1 N–H and O–H groups in total. The van der Waals surface area contributed by atoms with Crippen molar-refractivity contribution >= 4 is 34.9 Å². The van der Waals surface area contributed by atoms with Crippen molar-refractivity contribution in [1.82, 2.24) is 14.8 Å². The Labute approximate surface area is 162 Å². The minimum atomic E-state index is -0.309. The van der Waals surface area contributed by atoms with Crippen LogP contribution in [-0.4, -0.2) is 46.2 Å². The lowest BCUT2D eigenvalue weighted by Gasteiger charge is -2.24. The first-order chi connectivity index (χ1) is 12.3. The molecular formula is C19H25N3O2S2. The first-order valence-electron chi connectivity index (χ1n) is 8.68. The molecule has 140 valence electrons. The normalized spacial score (nSPS) is 14.0. The molecular weight excluding hydrogens is 366 g/mol. The summed E-state index contributed by atoms with van der Waals surface area (Å²) in [4.78, 5) is 28.3. The van der Waals surface area contributed by atoms with Gasteiger partial charge in [0.15, 0.2) is 0 Å². The van der Waals surface area contributed by atoms with Gasteiger partial charge in [-0.15, -0.1) is 11.3 Å². The fourth-order valence-electron chi connectivity index (χ4n) is 3.03. The van der Waals surface area contributed by atoms with Crippen molar-refractivity contribution in [2.75, 3.05) is 19.3 Å². The molecule has 0 atom stereocenters. The quantitative estimate of drug-likeness (QED) is 0.870. The van der Waals surface area contributed by atoms with E-state index in [-0.39, 0.29) is 23.9 Å². The summed E-state index contributed by atoms with van der Waals surface area (Å²) in [6.07, 6.45) is 4.84. The zero-order valence-electron chi connectivity index (χ0n) is 15.7. The highest BCUT2D eigenvalue weighted by molar-refractivity contribution is 7.98. The average Bonchev–Trinajstić information content (AvgIpc) is 3.19. The van der Waals surface area contributed by atoms with Crippen molar-refractivity contribution < 1.29 is 9.59 Å². The SMILES string of the molecule is CN(CC(=O)NC(C)(C)C)C(=O)c1c(-n2cccc2)sc2c1CCSC2. The van der Waals surface area contributed by atoms with Gasteiger partial charge in [0.2, 0.25) is 5.91 Å². The van der Waals surface area contributed by atoms with E-state index in [2.05, 4.69) is 5.32 Å². The first kappa shape index (κ1) is 19.0. The van der Waals surface area contributed by atoms with E-state index in [1.165, 1.54) is 9.78 Å². The standard InChI is InChI=1S/C19H25N3O2S2/c1-19(2,3)20-15(23)11-21(4)17(24)16-13-7-10-25-12-14(13)26-18(16)22-8-5-6-9-22/h5-6,8-9H,7,10-12H2,1-4H3,(H,20,23). The summed E-state index contributed by atoms with van der Waals surface area (Å²) in [5, 5.41) is 3.87. The van der Waals surface area contributed by atoms with Crippen LogP contribution in [0.25, 0.3) is 5.00 Å². The molecule has 2 amide bonds. The number of carbonyl (C=O) groups is 2. The molecule has 3 heterocycles. The fraction of sp³-hybridized carbons (Fsp3) is 0.474. The van der Waals surface area contributed by atoms with Gasteiger partial charge in [0.1, 0.15) is 5.00 Å². The fourth-order valence-corrected chi connectivity index (χ4v) is 5.46. The molecule has 2 aromatic heterocycles. The number of likely N-dealkylation sites (N-methyl/N-ethyl adjacent to an activating group) is 1. The zero-order chi connectivity index (χ0) is 18.9. The van der Waals surface area contributed by atoms with Gasteiger partial charge < -0.3 is 14.8 Å². The van der Waals surface area contributed by atoms with Gasteiger partial charge in [0, 0.05) is 35.6 Å². The van der Waals surface area contributed by atoms with Crippen LogP contribution in [0.3, 0.4) is 0 Å². The van der Waals surface area contributed by atoms with Crippen LogP contribution in [0.2, 0.25) is 0 Å². The van der Waals surface area contributed by atoms with Crippen molar-refractivity contribution in [2.24, 2.45) is 0 Å². The van der Waals surface area contributed by atoms with Crippen LogP contribution >= 0.6 is 23.1 Å². The highest BCUT2D eigenvalue weighted by Crippen LogP contribution is 2.38. The molecule has 3 rings (SSSR count). The summed E-state index contributed by atoms with van der Waals surface area (Å²) >= 11 is 3.59. The second kappa shape index (κ2) is 7.48. The highest BCUT2D eigenvalue weighted by Gasteiger charge is 2.29. The number of carbonyl (C=O) groups excluding carboxylic acids is 2. The van der Waals surface area contributed by atoms with Crippen molar-refractivity contribution in [3.8, 4) is 5.00 Å². The maximum absolute atomic E-state index is 13.2.